The van der Waals surface area contributed by atoms with E-state index in [0.717, 1.165) is 0 Å². The van der Waals surface area contributed by atoms with Gasteiger partial charge in [-0.1, -0.05) is 0 Å². The molecule has 0 saturated carbocycles. The second kappa shape index (κ2) is 5.16. The SMILES string of the molecule is OCc1ccnc(C2COCCOC2)n1. The van der Waals surface area contributed by atoms with Gasteiger partial charge in [-0.25, -0.2) is 9.97 Å². The lowest BCUT2D eigenvalue weighted by Crippen LogP contribution is -2.14. The molecule has 0 radical (unpaired) electrons. The van der Waals surface area contributed by atoms with Crippen LogP contribution >= 0.6 is 0 Å². The molecule has 2 rings (SSSR count). The molecule has 1 aromatic rings. The van der Waals surface area contributed by atoms with Crippen molar-refractivity contribution >= 4 is 0 Å². The van der Waals surface area contributed by atoms with Crippen molar-refractivity contribution in [1.29, 1.82) is 0 Å². The molecule has 5 nitrogen and oxygen atoms in total. The molecular weight excluding hydrogens is 196 g/mol. The summed E-state index contributed by atoms with van der Waals surface area (Å²) >= 11 is 0. The summed E-state index contributed by atoms with van der Waals surface area (Å²) in [5.74, 6) is 0.752. The molecule has 0 unspecified atom stereocenters. The Morgan fingerprint density at radius 2 is 2.07 bits per heavy atom. The van der Waals surface area contributed by atoms with Gasteiger partial charge in [-0.15, -0.1) is 0 Å². The molecule has 0 aromatic carbocycles. The fraction of sp³-hybridized carbons (Fsp3) is 0.600. The van der Waals surface area contributed by atoms with Crippen LogP contribution in [0.15, 0.2) is 12.3 Å². The van der Waals surface area contributed by atoms with E-state index in [2.05, 4.69) is 9.97 Å². The molecule has 0 spiro atoms. The van der Waals surface area contributed by atoms with Gasteiger partial charge >= 0.3 is 0 Å². The van der Waals surface area contributed by atoms with Crippen LogP contribution in [-0.2, 0) is 16.1 Å². The first-order valence-corrected chi connectivity index (χ1v) is 4.98. The van der Waals surface area contributed by atoms with E-state index in [1.54, 1.807) is 12.3 Å². The van der Waals surface area contributed by atoms with E-state index in [9.17, 15) is 0 Å². The first kappa shape index (κ1) is 10.5. The highest BCUT2D eigenvalue weighted by Gasteiger charge is 2.18. The number of rotatable bonds is 2. The largest absolute Gasteiger partial charge is 0.390 e. The molecule has 1 saturated heterocycles. The summed E-state index contributed by atoms with van der Waals surface area (Å²) in [5, 5.41) is 8.96. The van der Waals surface area contributed by atoms with E-state index in [-0.39, 0.29) is 12.5 Å². The van der Waals surface area contributed by atoms with Crippen LogP contribution in [0.5, 0.6) is 0 Å². The number of aromatic nitrogens is 2. The van der Waals surface area contributed by atoms with Gasteiger partial charge in [0.05, 0.1) is 44.6 Å². The maximum absolute atomic E-state index is 8.96. The molecule has 5 heteroatoms. The molecule has 1 aromatic heterocycles. The lowest BCUT2D eigenvalue weighted by atomic mass is 10.1. The highest BCUT2D eigenvalue weighted by molar-refractivity contribution is 5.05. The Kier molecular flexibility index (Phi) is 3.60. The molecule has 82 valence electrons. The van der Waals surface area contributed by atoms with Crippen LogP contribution in [0.1, 0.15) is 17.4 Å². The number of hydrogen-bond acceptors (Lipinski definition) is 5. The van der Waals surface area contributed by atoms with Crippen molar-refractivity contribution in [3.05, 3.63) is 23.8 Å². The zero-order valence-electron chi connectivity index (χ0n) is 8.43. The topological polar surface area (TPSA) is 64.5 Å². The minimum absolute atomic E-state index is 0.0655. The Bertz CT molecular complexity index is 311. The third-order valence-electron chi connectivity index (χ3n) is 2.27. The van der Waals surface area contributed by atoms with Crippen molar-refractivity contribution in [2.24, 2.45) is 0 Å². The second-order valence-corrected chi connectivity index (χ2v) is 3.41. The van der Waals surface area contributed by atoms with Crippen LogP contribution in [0.3, 0.4) is 0 Å². The summed E-state index contributed by atoms with van der Waals surface area (Å²) in [5.41, 5.74) is 0.629. The maximum Gasteiger partial charge on any atom is 0.136 e. The number of hydrogen-bond donors (Lipinski definition) is 1. The van der Waals surface area contributed by atoms with Gasteiger partial charge in [0.1, 0.15) is 5.82 Å². The van der Waals surface area contributed by atoms with Gasteiger partial charge in [0.25, 0.3) is 0 Å². The van der Waals surface area contributed by atoms with Crippen molar-refractivity contribution in [3.63, 3.8) is 0 Å². The van der Waals surface area contributed by atoms with Crippen molar-refractivity contribution in [2.45, 2.75) is 12.5 Å². The third-order valence-corrected chi connectivity index (χ3v) is 2.27. The lowest BCUT2D eigenvalue weighted by molar-refractivity contribution is 0.103. The zero-order valence-corrected chi connectivity index (χ0v) is 8.43. The summed E-state index contributed by atoms with van der Waals surface area (Å²) < 4.78 is 10.7. The van der Waals surface area contributed by atoms with E-state index in [1.165, 1.54) is 0 Å². The van der Waals surface area contributed by atoms with Crippen molar-refractivity contribution in [3.8, 4) is 0 Å². The van der Waals surface area contributed by atoms with Gasteiger partial charge < -0.3 is 14.6 Å². The smallest absolute Gasteiger partial charge is 0.136 e. The molecule has 2 heterocycles. The predicted molar refractivity (Wildman–Crippen MR) is 52.3 cm³/mol. The van der Waals surface area contributed by atoms with E-state index in [1.807, 2.05) is 0 Å². The number of nitrogens with zero attached hydrogens (tertiary/aromatic N) is 2. The summed E-state index contributed by atoms with van der Waals surface area (Å²) in [4.78, 5) is 8.41. The first-order chi connectivity index (χ1) is 7.40. The summed E-state index contributed by atoms with van der Waals surface area (Å²) in [6.07, 6.45) is 1.65. The van der Waals surface area contributed by atoms with Gasteiger partial charge in [0.15, 0.2) is 0 Å². The van der Waals surface area contributed by atoms with Gasteiger partial charge in [0.2, 0.25) is 0 Å². The average Bonchev–Trinajstić information content (AvgIpc) is 2.58. The van der Waals surface area contributed by atoms with Gasteiger partial charge in [-0.3, -0.25) is 0 Å². The second-order valence-electron chi connectivity index (χ2n) is 3.41. The molecular formula is C10H14N2O3. The molecule has 0 bridgehead atoms. The van der Waals surface area contributed by atoms with Crippen LogP contribution in [0.2, 0.25) is 0 Å². The van der Waals surface area contributed by atoms with E-state index >= 15 is 0 Å². The molecule has 15 heavy (non-hydrogen) atoms. The van der Waals surface area contributed by atoms with Crippen molar-refractivity contribution in [1.82, 2.24) is 9.97 Å². The fourth-order valence-corrected chi connectivity index (χ4v) is 1.46. The molecule has 1 N–H and O–H groups in total. The quantitative estimate of drug-likeness (QED) is 0.750. The molecule has 0 amide bonds. The zero-order chi connectivity index (χ0) is 10.5. The molecule has 1 aliphatic heterocycles. The Morgan fingerprint density at radius 3 is 2.73 bits per heavy atom. The van der Waals surface area contributed by atoms with E-state index < -0.39 is 0 Å². The normalized spacial score (nSPS) is 18.7. The predicted octanol–water partition coefficient (Wildman–Crippen LogP) is 0.0993. The highest BCUT2D eigenvalue weighted by atomic mass is 16.5. The van der Waals surface area contributed by atoms with Gasteiger partial charge in [0, 0.05) is 6.20 Å². The Hall–Kier alpha value is -1.04. The minimum Gasteiger partial charge on any atom is -0.390 e. The van der Waals surface area contributed by atoms with Gasteiger partial charge in [-0.2, -0.15) is 0 Å². The first-order valence-electron chi connectivity index (χ1n) is 4.98. The lowest BCUT2D eigenvalue weighted by Gasteiger charge is -2.11. The van der Waals surface area contributed by atoms with Crippen molar-refractivity contribution in [2.75, 3.05) is 26.4 Å². The van der Waals surface area contributed by atoms with Crippen LogP contribution < -0.4 is 0 Å². The summed E-state index contributed by atoms with van der Waals surface area (Å²) in [7, 11) is 0. The monoisotopic (exact) mass is 210 g/mol. The van der Waals surface area contributed by atoms with Crippen LogP contribution in [0, 0.1) is 0 Å². The van der Waals surface area contributed by atoms with Crippen LogP contribution in [-0.4, -0.2) is 41.5 Å². The Labute approximate surface area is 88.1 Å². The van der Waals surface area contributed by atoms with E-state index in [0.29, 0.717) is 37.9 Å². The molecule has 0 atom stereocenters. The summed E-state index contributed by atoms with van der Waals surface area (Å²) in [6, 6.07) is 1.70. The van der Waals surface area contributed by atoms with E-state index in [4.69, 9.17) is 14.6 Å². The summed E-state index contributed by atoms with van der Waals surface area (Å²) in [6.45, 7) is 2.33. The Morgan fingerprint density at radius 1 is 1.33 bits per heavy atom. The number of ether oxygens (including phenoxy) is 2. The molecule has 0 aliphatic carbocycles. The Balaban J connectivity index is 2.12. The standard InChI is InChI=1S/C10H14N2O3/c13-5-9-1-2-11-10(12-9)8-6-14-3-4-15-7-8/h1-2,8,13H,3-7H2. The number of aliphatic hydroxyl groups excluding tert-OH is 1. The minimum atomic E-state index is -0.0655. The average molecular weight is 210 g/mol. The van der Waals surface area contributed by atoms with Crippen LogP contribution in [0.25, 0.3) is 0 Å². The highest BCUT2D eigenvalue weighted by Crippen LogP contribution is 2.14. The molecule has 1 aliphatic rings. The maximum atomic E-state index is 8.96. The number of aliphatic hydroxyl groups is 1. The van der Waals surface area contributed by atoms with Crippen molar-refractivity contribution < 1.29 is 14.6 Å². The van der Waals surface area contributed by atoms with Crippen LogP contribution in [0.4, 0.5) is 0 Å². The fourth-order valence-electron chi connectivity index (χ4n) is 1.46. The third kappa shape index (κ3) is 2.71. The van der Waals surface area contributed by atoms with Gasteiger partial charge in [-0.05, 0) is 6.07 Å². The molecule has 1 fully saturated rings.